The van der Waals surface area contributed by atoms with Crippen LogP contribution < -0.4 is 0 Å². The van der Waals surface area contributed by atoms with Crippen LogP contribution in [-0.4, -0.2) is 16.6 Å². The van der Waals surface area contributed by atoms with E-state index in [4.69, 9.17) is 9.72 Å². The van der Waals surface area contributed by atoms with Crippen molar-refractivity contribution in [2.24, 2.45) is 0 Å². The lowest BCUT2D eigenvalue weighted by Gasteiger charge is -2.35. The van der Waals surface area contributed by atoms with Gasteiger partial charge in [0.25, 0.3) is 0 Å². The first kappa shape index (κ1) is 13.9. The van der Waals surface area contributed by atoms with Gasteiger partial charge in [0.15, 0.2) is 5.82 Å². The SMILES string of the molecule is CCOC1(c2ncc(CBr)c(C)n2)CCCCC1. The molecule has 2 rings (SSSR count). The van der Waals surface area contributed by atoms with Crippen molar-refractivity contribution in [1.82, 2.24) is 9.97 Å². The van der Waals surface area contributed by atoms with Crippen molar-refractivity contribution in [2.45, 2.75) is 56.9 Å². The highest BCUT2D eigenvalue weighted by Crippen LogP contribution is 2.38. The molecule has 1 heterocycles. The molecule has 0 bridgehead atoms. The Hall–Kier alpha value is -0.480. The standard InChI is InChI=1S/C14H21BrN2O/c1-3-18-14(7-5-4-6-8-14)13-16-10-12(9-15)11(2)17-13/h10H,3-9H2,1-2H3. The van der Waals surface area contributed by atoms with Crippen LogP contribution in [0.1, 0.15) is 56.1 Å². The van der Waals surface area contributed by atoms with Crippen molar-refractivity contribution in [3.8, 4) is 0 Å². The molecule has 0 spiro atoms. The summed E-state index contributed by atoms with van der Waals surface area (Å²) in [5.41, 5.74) is 1.98. The molecule has 1 aliphatic carbocycles. The Morgan fingerprint density at radius 3 is 2.61 bits per heavy atom. The summed E-state index contributed by atoms with van der Waals surface area (Å²) < 4.78 is 6.05. The fourth-order valence-electron chi connectivity index (χ4n) is 2.67. The van der Waals surface area contributed by atoms with Gasteiger partial charge in [0.2, 0.25) is 0 Å². The van der Waals surface area contributed by atoms with Gasteiger partial charge in [-0.1, -0.05) is 35.2 Å². The molecule has 0 radical (unpaired) electrons. The monoisotopic (exact) mass is 312 g/mol. The lowest BCUT2D eigenvalue weighted by atomic mass is 9.83. The molecule has 0 N–H and O–H groups in total. The van der Waals surface area contributed by atoms with Crippen LogP contribution in [-0.2, 0) is 15.7 Å². The zero-order valence-corrected chi connectivity index (χ0v) is 12.8. The average molecular weight is 313 g/mol. The van der Waals surface area contributed by atoms with Crippen LogP contribution in [0.5, 0.6) is 0 Å². The summed E-state index contributed by atoms with van der Waals surface area (Å²) in [5.74, 6) is 0.881. The lowest BCUT2D eigenvalue weighted by Crippen LogP contribution is -2.34. The third-order valence-corrected chi connectivity index (χ3v) is 4.32. The highest BCUT2D eigenvalue weighted by molar-refractivity contribution is 9.08. The minimum Gasteiger partial charge on any atom is -0.367 e. The van der Waals surface area contributed by atoms with Crippen molar-refractivity contribution >= 4 is 15.9 Å². The summed E-state index contributed by atoms with van der Waals surface area (Å²) in [5, 5.41) is 0.806. The van der Waals surface area contributed by atoms with Crippen LogP contribution in [0.25, 0.3) is 0 Å². The van der Waals surface area contributed by atoms with Gasteiger partial charge in [-0.25, -0.2) is 9.97 Å². The lowest BCUT2D eigenvalue weighted by molar-refractivity contribution is -0.0768. The van der Waals surface area contributed by atoms with Crippen LogP contribution >= 0.6 is 15.9 Å². The molecule has 1 aromatic rings. The number of alkyl halides is 1. The highest BCUT2D eigenvalue weighted by atomic mass is 79.9. The van der Waals surface area contributed by atoms with Gasteiger partial charge in [-0.15, -0.1) is 0 Å². The van der Waals surface area contributed by atoms with E-state index in [9.17, 15) is 0 Å². The Balaban J connectivity index is 2.33. The van der Waals surface area contributed by atoms with Gasteiger partial charge in [0.05, 0.1) is 0 Å². The predicted molar refractivity (Wildman–Crippen MR) is 75.8 cm³/mol. The summed E-state index contributed by atoms with van der Waals surface area (Å²) in [4.78, 5) is 9.25. The zero-order valence-electron chi connectivity index (χ0n) is 11.2. The number of aryl methyl sites for hydroxylation is 1. The van der Waals surface area contributed by atoms with E-state index in [0.29, 0.717) is 0 Å². The average Bonchev–Trinajstić information content (AvgIpc) is 2.40. The van der Waals surface area contributed by atoms with E-state index in [1.165, 1.54) is 19.3 Å². The quantitative estimate of drug-likeness (QED) is 0.791. The van der Waals surface area contributed by atoms with E-state index in [0.717, 1.165) is 41.9 Å². The van der Waals surface area contributed by atoms with E-state index < -0.39 is 0 Å². The number of hydrogen-bond donors (Lipinski definition) is 0. The van der Waals surface area contributed by atoms with Gasteiger partial charge in [0.1, 0.15) is 5.60 Å². The highest BCUT2D eigenvalue weighted by Gasteiger charge is 2.37. The van der Waals surface area contributed by atoms with E-state index in [2.05, 4.69) is 27.8 Å². The second kappa shape index (κ2) is 6.11. The van der Waals surface area contributed by atoms with Crippen LogP contribution in [0, 0.1) is 6.92 Å². The molecule has 100 valence electrons. The predicted octanol–water partition coefficient (Wildman–Crippen LogP) is 3.88. The molecule has 1 aromatic heterocycles. The Kier molecular flexibility index (Phi) is 4.73. The van der Waals surface area contributed by atoms with Gasteiger partial charge >= 0.3 is 0 Å². The number of aromatic nitrogens is 2. The minimum atomic E-state index is -0.234. The molecule has 0 unspecified atom stereocenters. The second-order valence-corrected chi connectivity index (χ2v) is 5.49. The molecular weight excluding hydrogens is 292 g/mol. The molecule has 0 aromatic carbocycles. The van der Waals surface area contributed by atoms with E-state index in [-0.39, 0.29) is 5.60 Å². The molecular formula is C14H21BrN2O. The number of rotatable bonds is 4. The fourth-order valence-corrected chi connectivity index (χ4v) is 3.22. The summed E-state index contributed by atoms with van der Waals surface area (Å²) >= 11 is 3.46. The Labute approximate surface area is 117 Å². The largest absolute Gasteiger partial charge is 0.367 e. The molecule has 0 atom stereocenters. The normalized spacial score (nSPS) is 18.8. The maximum absolute atomic E-state index is 6.05. The molecule has 3 nitrogen and oxygen atoms in total. The third-order valence-electron chi connectivity index (χ3n) is 3.71. The van der Waals surface area contributed by atoms with Crippen LogP contribution in [0.15, 0.2) is 6.20 Å². The summed E-state index contributed by atoms with van der Waals surface area (Å²) in [6.45, 7) is 4.82. The molecule has 1 fully saturated rings. The number of ether oxygens (including phenoxy) is 1. The van der Waals surface area contributed by atoms with E-state index in [1.807, 2.05) is 13.1 Å². The van der Waals surface area contributed by atoms with Crippen molar-refractivity contribution < 1.29 is 4.74 Å². The van der Waals surface area contributed by atoms with E-state index in [1.54, 1.807) is 0 Å². The third kappa shape index (κ3) is 2.75. The van der Waals surface area contributed by atoms with Gasteiger partial charge in [-0.2, -0.15) is 0 Å². The maximum Gasteiger partial charge on any atom is 0.160 e. The summed E-state index contributed by atoms with van der Waals surface area (Å²) in [7, 11) is 0. The van der Waals surface area contributed by atoms with Crippen molar-refractivity contribution in [3.05, 3.63) is 23.3 Å². The van der Waals surface area contributed by atoms with Crippen molar-refractivity contribution in [2.75, 3.05) is 6.61 Å². The van der Waals surface area contributed by atoms with Crippen molar-refractivity contribution in [3.63, 3.8) is 0 Å². The van der Waals surface area contributed by atoms with Gasteiger partial charge < -0.3 is 4.74 Å². The molecule has 0 saturated heterocycles. The topological polar surface area (TPSA) is 35.0 Å². The van der Waals surface area contributed by atoms with Gasteiger partial charge in [-0.3, -0.25) is 0 Å². The molecule has 4 heteroatoms. The first-order chi connectivity index (χ1) is 8.72. The minimum absolute atomic E-state index is 0.234. The second-order valence-electron chi connectivity index (χ2n) is 4.93. The Morgan fingerprint density at radius 1 is 1.33 bits per heavy atom. The van der Waals surface area contributed by atoms with E-state index >= 15 is 0 Å². The summed E-state index contributed by atoms with van der Waals surface area (Å²) in [6.07, 6.45) is 7.75. The number of hydrogen-bond acceptors (Lipinski definition) is 3. The molecule has 18 heavy (non-hydrogen) atoms. The fraction of sp³-hybridized carbons (Fsp3) is 0.714. The molecule has 1 aliphatic rings. The number of halogens is 1. The smallest absolute Gasteiger partial charge is 0.160 e. The van der Waals surface area contributed by atoms with Gasteiger partial charge in [-0.05, 0) is 26.7 Å². The van der Waals surface area contributed by atoms with Crippen molar-refractivity contribution in [1.29, 1.82) is 0 Å². The zero-order chi connectivity index (χ0) is 13.0. The van der Waals surface area contributed by atoms with Gasteiger partial charge in [0, 0.05) is 29.4 Å². The first-order valence-electron chi connectivity index (χ1n) is 6.75. The Bertz CT molecular complexity index is 397. The number of nitrogens with zero attached hydrogens (tertiary/aromatic N) is 2. The summed E-state index contributed by atoms with van der Waals surface area (Å²) in [6, 6.07) is 0. The Morgan fingerprint density at radius 2 is 2.06 bits per heavy atom. The molecule has 0 aliphatic heterocycles. The molecule has 0 amide bonds. The van der Waals surface area contributed by atoms with Crippen LogP contribution in [0.3, 0.4) is 0 Å². The van der Waals surface area contributed by atoms with Crippen LogP contribution in [0.2, 0.25) is 0 Å². The maximum atomic E-state index is 6.05. The van der Waals surface area contributed by atoms with Crippen LogP contribution in [0.4, 0.5) is 0 Å². The first-order valence-corrected chi connectivity index (χ1v) is 7.87. The molecule has 1 saturated carbocycles.